The SMILES string of the molecule is C=C(C)C(=O)OCC(CCC)(COC(=O)C(=C)C)C(=O)OCCCCS(=O)(=O)O.[LiH]. The molecular weight excluding hydrogens is 411 g/mol. The van der Waals surface area contributed by atoms with E-state index >= 15 is 0 Å². The van der Waals surface area contributed by atoms with Gasteiger partial charge in [-0.1, -0.05) is 26.5 Å². The summed E-state index contributed by atoms with van der Waals surface area (Å²) >= 11 is 0. The summed E-state index contributed by atoms with van der Waals surface area (Å²) in [4.78, 5) is 36.3. The predicted octanol–water partition coefficient (Wildman–Crippen LogP) is 1.57. The van der Waals surface area contributed by atoms with E-state index < -0.39 is 39.2 Å². The van der Waals surface area contributed by atoms with Crippen LogP contribution in [0.4, 0.5) is 0 Å². The fourth-order valence-corrected chi connectivity index (χ4v) is 2.81. The van der Waals surface area contributed by atoms with E-state index in [-0.39, 0.29) is 69.1 Å². The molecule has 0 aromatic carbocycles. The first kappa shape index (κ1) is 30.6. The Kier molecular flexibility index (Phi) is 14.7. The second kappa shape index (κ2) is 14.4. The molecule has 0 radical (unpaired) electrons. The fourth-order valence-electron chi connectivity index (χ4n) is 2.24. The van der Waals surface area contributed by atoms with Gasteiger partial charge in [-0.05, 0) is 33.1 Å². The van der Waals surface area contributed by atoms with Crippen molar-refractivity contribution in [3.63, 3.8) is 0 Å². The Morgan fingerprint density at radius 1 is 0.933 bits per heavy atom. The van der Waals surface area contributed by atoms with Gasteiger partial charge in [0.15, 0.2) is 0 Å². The number of hydrogen-bond acceptors (Lipinski definition) is 8. The zero-order chi connectivity index (χ0) is 22.7. The van der Waals surface area contributed by atoms with Gasteiger partial charge in [0.1, 0.15) is 18.6 Å². The van der Waals surface area contributed by atoms with Crippen LogP contribution in [0.15, 0.2) is 24.3 Å². The van der Waals surface area contributed by atoms with Gasteiger partial charge >= 0.3 is 36.8 Å². The van der Waals surface area contributed by atoms with Crippen molar-refractivity contribution in [3.8, 4) is 0 Å². The van der Waals surface area contributed by atoms with Crippen LogP contribution in [0.25, 0.3) is 0 Å². The second-order valence-corrected chi connectivity index (χ2v) is 8.44. The summed E-state index contributed by atoms with van der Waals surface area (Å²) < 4.78 is 45.6. The maximum atomic E-state index is 12.8. The molecule has 0 rings (SSSR count). The molecule has 0 saturated carbocycles. The maximum absolute atomic E-state index is 12.8. The van der Waals surface area contributed by atoms with Crippen LogP contribution in [0, 0.1) is 5.41 Å². The molecule has 0 atom stereocenters. The Morgan fingerprint density at radius 3 is 1.77 bits per heavy atom. The summed E-state index contributed by atoms with van der Waals surface area (Å²) in [6.45, 7) is 10.8. The van der Waals surface area contributed by atoms with Crippen molar-refractivity contribution in [2.24, 2.45) is 5.41 Å². The molecule has 0 saturated heterocycles. The quantitative estimate of drug-likeness (QED) is 0.106. The van der Waals surface area contributed by atoms with E-state index in [1.165, 1.54) is 13.8 Å². The number of carbonyl (C=O) groups is 3. The number of carbonyl (C=O) groups excluding carboxylic acids is 3. The molecule has 11 heteroatoms. The Bertz CT molecular complexity index is 698. The van der Waals surface area contributed by atoms with Crippen LogP contribution >= 0.6 is 0 Å². The molecule has 0 aliphatic rings. The van der Waals surface area contributed by atoms with Crippen LogP contribution in [-0.2, 0) is 38.7 Å². The standard InChI is InChI=1S/C19H30O9S.Li.H/c1-6-9-19(12-27-16(20)14(2)3,13-28-17(21)15(4)5)18(22)26-10-7-8-11-29(23,24)25;;/h2,4,6-13H2,1,3,5H3,(H,23,24,25);;. The van der Waals surface area contributed by atoms with Crippen molar-refractivity contribution in [2.75, 3.05) is 25.6 Å². The zero-order valence-electron chi connectivity index (χ0n) is 17.2. The van der Waals surface area contributed by atoms with Crippen molar-refractivity contribution in [1.82, 2.24) is 0 Å². The Morgan fingerprint density at radius 2 is 1.40 bits per heavy atom. The summed E-state index contributed by atoms with van der Waals surface area (Å²) in [5, 5.41) is 0. The van der Waals surface area contributed by atoms with Crippen molar-refractivity contribution < 1.29 is 41.6 Å². The molecule has 0 aliphatic carbocycles. The van der Waals surface area contributed by atoms with Crippen LogP contribution in [0.3, 0.4) is 0 Å². The zero-order valence-corrected chi connectivity index (χ0v) is 18.0. The van der Waals surface area contributed by atoms with E-state index in [0.717, 1.165) is 0 Å². The van der Waals surface area contributed by atoms with Gasteiger partial charge in [-0.25, -0.2) is 9.59 Å². The van der Waals surface area contributed by atoms with Crippen molar-refractivity contribution in [2.45, 2.75) is 46.5 Å². The number of unbranched alkanes of at least 4 members (excludes halogenated alkanes) is 1. The molecule has 0 aromatic heterocycles. The van der Waals surface area contributed by atoms with Crippen LogP contribution < -0.4 is 0 Å². The molecule has 0 heterocycles. The molecule has 1 N–H and O–H groups in total. The van der Waals surface area contributed by atoms with E-state index in [2.05, 4.69) is 13.2 Å². The van der Waals surface area contributed by atoms with E-state index in [1.54, 1.807) is 6.92 Å². The normalized spacial score (nSPS) is 11.1. The number of esters is 3. The van der Waals surface area contributed by atoms with Gasteiger partial charge in [-0.2, -0.15) is 8.42 Å². The van der Waals surface area contributed by atoms with E-state index in [4.69, 9.17) is 18.8 Å². The molecule has 0 fully saturated rings. The van der Waals surface area contributed by atoms with Crippen LogP contribution in [0.2, 0.25) is 0 Å². The average molecular weight is 442 g/mol. The average Bonchev–Trinajstić information content (AvgIpc) is 2.61. The first-order valence-electron chi connectivity index (χ1n) is 9.12. The minimum atomic E-state index is -4.09. The molecule has 9 nitrogen and oxygen atoms in total. The number of rotatable bonds is 14. The third-order valence-electron chi connectivity index (χ3n) is 3.85. The number of hydrogen-bond donors (Lipinski definition) is 1. The minimum absolute atomic E-state index is 0. The fraction of sp³-hybridized carbons (Fsp3) is 0.632. The summed E-state index contributed by atoms with van der Waals surface area (Å²) in [5.74, 6) is -2.58. The number of ether oxygens (including phenoxy) is 3. The Hall–Kier alpha value is -1.60. The van der Waals surface area contributed by atoms with Gasteiger partial charge in [0.2, 0.25) is 0 Å². The van der Waals surface area contributed by atoms with Crippen LogP contribution in [-0.4, -0.2) is 75.3 Å². The van der Waals surface area contributed by atoms with Crippen LogP contribution in [0.1, 0.15) is 46.5 Å². The Balaban J connectivity index is 0. The topological polar surface area (TPSA) is 133 Å². The molecule has 0 amide bonds. The first-order valence-corrected chi connectivity index (χ1v) is 10.7. The summed E-state index contributed by atoms with van der Waals surface area (Å²) in [6, 6.07) is 0. The van der Waals surface area contributed by atoms with Crippen LogP contribution in [0.5, 0.6) is 0 Å². The molecule has 0 bridgehead atoms. The first-order chi connectivity index (χ1) is 13.3. The van der Waals surface area contributed by atoms with Gasteiger partial charge in [-0.15, -0.1) is 0 Å². The van der Waals surface area contributed by atoms with Gasteiger partial charge in [-0.3, -0.25) is 9.35 Å². The predicted molar refractivity (Wildman–Crippen MR) is 113 cm³/mol. The molecule has 0 spiro atoms. The molecule has 0 aromatic rings. The van der Waals surface area contributed by atoms with E-state index in [1.807, 2.05) is 0 Å². The molecule has 168 valence electrons. The Labute approximate surface area is 190 Å². The van der Waals surface area contributed by atoms with Crippen molar-refractivity contribution in [3.05, 3.63) is 24.3 Å². The third kappa shape index (κ3) is 12.2. The summed E-state index contributed by atoms with van der Waals surface area (Å²) in [7, 11) is -4.09. The van der Waals surface area contributed by atoms with Crippen molar-refractivity contribution >= 4 is 46.9 Å². The summed E-state index contributed by atoms with van der Waals surface area (Å²) in [6.07, 6.45) is 1.02. The van der Waals surface area contributed by atoms with Gasteiger partial charge in [0.05, 0.1) is 12.4 Å². The van der Waals surface area contributed by atoms with Gasteiger partial charge in [0, 0.05) is 11.1 Å². The third-order valence-corrected chi connectivity index (χ3v) is 4.65. The monoisotopic (exact) mass is 442 g/mol. The molecule has 0 unspecified atom stereocenters. The van der Waals surface area contributed by atoms with Gasteiger partial charge < -0.3 is 14.2 Å². The molecule has 30 heavy (non-hydrogen) atoms. The van der Waals surface area contributed by atoms with E-state index in [0.29, 0.717) is 6.42 Å². The second-order valence-electron chi connectivity index (χ2n) is 6.87. The molecule has 0 aliphatic heterocycles. The van der Waals surface area contributed by atoms with Crippen molar-refractivity contribution in [1.29, 1.82) is 0 Å². The van der Waals surface area contributed by atoms with E-state index in [9.17, 15) is 22.8 Å². The van der Waals surface area contributed by atoms with Gasteiger partial charge in [0.25, 0.3) is 10.1 Å². The molecular formula is C19H31LiO9S. The summed E-state index contributed by atoms with van der Waals surface area (Å²) in [5.41, 5.74) is -1.13.